The highest BCUT2D eigenvalue weighted by Gasteiger charge is 2.13. The van der Waals surface area contributed by atoms with Crippen LogP contribution in [0.2, 0.25) is 0 Å². The highest BCUT2D eigenvalue weighted by molar-refractivity contribution is 5.76. The lowest BCUT2D eigenvalue weighted by atomic mass is 10.0. The minimum absolute atomic E-state index is 0.223. The van der Waals surface area contributed by atoms with Gasteiger partial charge in [0.15, 0.2) is 0 Å². The average molecular weight is 495 g/mol. The molecule has 208 valence electrons. The van der Waals surface area contributed by atoms with E-state index < -0.39 is 0 Å². The fraction of sp³-hybridized carbons (Fsp3) is 0.967. The molecule has 5 nitrogen and oxygen atoms in total. The fourth-order valence-corrected chi connectivity index (χ4v) is 5.20. The maximum Gasteiger partial charge on any atom is 0.221 e. The lowest BCUT2D eigenvalue weighted by molar-refractivity contribution is -0.121. The first-order chi connectivity index (χ1) is 17.1. The molecule has 0 aromatic heterocycles. The van der Waals surface area contributed by atoms with E-state index >= 15 is 0 Å². The van der Waals surface area contributed by atoms with Crippen LogP contribution >= 0.6 is 0 Å². The van der Waals surface area contributed by atoms with Gasteiger partial charge in [0.1, 0.15) is 0 Å². The predicted octanol–water partition coefficient (Wildman–Crippen LogP) is 6.37. The number of nitrogens with one attached hydrogen (secondary N) is 2. The molecule has 35 heavy (non-hydrogen) atoms. The summed E-state index contributed by atoms with van der Waals surface area (Å²) in [7, 11) is 4.45. The Bertz CT molecular complexity index is 473. The summed E-state index contributed by atoms with van der Waals surface area (Å²) in [6.45, 7) is 8.66. The third-order valence-corrected chi connectivity index (χ3v) is 7.61. The quantitative estimate of drug-likeness (QED) is 0.275. The van der Waals surface area contributed by atoms with Gasteiger partial charge in [0.25, 0.3) is 0 Å². The summed E-state index contributed by atoms with van der Waals surface area (Å²) >= 11 is 0. The topological polar surface area (TPSA) is 47.6 Å². The smallest absolute Gasteiger partial charge is 0.221 e. The number of nitrogens with zero attached hydrogens (tertiary/aromatic N) is 2. The van der Waals surface area contributed by atoms with Crippen molar-refractivity contribution in [1.29, 1.82) is 0 Å². The normalized spacial score (nSPS) is 21.0. The van der Waals surface area contributed by atoms with Crippen LogP contribution in [0.15, 0.2) is 0 Å². The van der Waals surface area contributed by atoms with E-state index in [0.29, 0.717) is 12.5 Å². The van der Waals surface area contributed by atoms with E-state index in [-0.39, 0.29) is 5.91 Å². The van der Waals surface area contributed by atoms with Crippen molar-refractivity contribution in [3.8, 4) is 0 Å². The van der Waals surface area contributed by atoms with Gasteiger partial charge in [0, 0.05) is 19.0 Å². The number of hydrogen-bond acceptors (Lipinski definition) is 4. The summed E-state index contributed by atoms with van der Waals surface area (Å²) in [6, 6.07) is 0.325. The molecular weight excluding hydrogens is 432 g/mol. The summed E-state index contributed by atoms with van der Waals surface area (Å²) in [6.07, 6.45) is 24.5. The highest BCUT2D eigenvalue weighted by atomic mass is 16.1. The summed E-state index contributed by atoms with van der Waals surface area (Å²) in [4.78, 5) is 17.4. The van der Waals surface area contributed by atoms with Crippen LogP contribution in [0.25, 0.3) is 0 Å². The third-order valence-electron chi connectivity index (χ3n) is 7.61. The maximum atomic E-state index is 12.5. The van der Waals surface area contributed by atoms with Crippen molar-refractivity contribution in [2.45, 2.75) is 135 Å². The third kappa shape index (κ3) is 21.2. The molecular formula is C30H62N4O. The minimum atomic E-state index is 0.223. The molecule has 0 radical (unpaired) electrons. The van der Waals surface area contributed by atoms with Crippen molar-refractivity contribution in [3.63, 3.8) is 0 Å². The molecule has 0 saturated carbocycles. The van der Waals surface area contributed by atoms with Crippen molar-refractivity contribution in [1.82, 2.24) is 20.4 Å². The van der Waals surface area contributed by atoms with E-state index in [1.807, 2.05) is 0 Å². The van der Waals surface area contributed by atoms with Crippen LogP contribution in [0.1, 0.15) is 129 Å². The van der Waals surface area contributed by atoms with Gasteiger partial charge in [-0.2, -0.15) is 0 Å². The number of amides is 1. The SMILES string of the molecule is CCCCCCCCCCCCCCC[C@@H]1CC(=O)NCCCN(C)CCCCN(C)CCCN1. The van der Waals surface area contributed by atoms with E-state index in [0.717, 1.165) is 52.0 Å². The van der Waals surface area contributed by atoms with Crippen molar-refractivity contribution in [2.24, 2.45) is 0 Å². The zero-order valence-corrected chi connectivity index (χ0v) is 24.1. The molecule has 1 rings (SSSR count). The second-order valence-corrected chi connectivity index (χ2v) is 11.3. The highest BCUT2D eigenvalue weighted by Crippen LogP contribution is 2.14. The van der Waals surface area contributed by atoms with E-state index in [1.54, 1.807) is 0 Å². The van der Waals surface area contributed by atoms with Gasteiger partial charge in [-0.15, -0.1) is 0 Å². The Balaban J connectivity index is 2.20. The Hall–Kier alpha value is -0.650. The molecule has 1 aliphatic heterocycles. The van der Waals surface area contributed by atoms with Crippen LogP contribution < -0.4 is 10.6 Å². The Labute approximate surface area is 219 Å². The summed E-state index contributed by atoms with van der Waals surface area (Å²) in [5.41, 5.74) is 0. The largest absolute Gasteiger partial charge is 0.356 e. The molecule has 1 amide bonds. The van der Waals surface area contributed by atoms with Gasteiger partial charge in [-0.3, -0.25) is 4.79 Å². The zero-order valence-electron chi connectivity index (χ0n) is 24.1. The number of carbonyl (C=O) groups is 1. The van der Waals surface area contributed by atoms with Crippen molar-refractivity contribution in [2.75, 3.05) is 53.4 Å². The molecule has 1 atom stereocenters. The van der Waals surface area contributed by atoms with E-state index in [4.69, 9.17) is 0 Å². The van der Waals surface area contributed by atoms with Crippen LogP contribution in [0.3, 0.4) is 0 Å². The summed E-state index contributed by atoms with van der Waals surface area (Å²) in [5.74, 6) is 0.223. The van der Waals surface area contributed by atoms with Crippen molar-refractivity contribution in [3.05, 3.63) is 0 Å². The van der Waals surface area contributed by atoms with Crippen LogP contribution in [-0.2, 0) is 4.79 Å². The molecule has 1 saturated heterocycles. The second kappa shape index (κ2) is 23.7. The van der Waals surface area contributed by atoms with Gasteiger partial charge < -0.3 is 20.4 Å². The molecule has 1 aliphatic rings. The maximum absolute atomic E-state index is 12.5. The molecule has 0 bridgehead atoms. The molecule has 1 fully saturated rings. The standard InChI is InChI=1S/C30H62N4O/c1-4-5-6-7-8-9-10-11-12-13-14-15-16-21-29-28-30(35)32-23-20-27-34(3)25-18-17-24-33(2)26-19-22-31-29/h29,31H,4-28H2,1-3H3,(H,32,35)/t29-/m1/s1. The molecule has 0 spiro atoms. The van der Waals surface area contributed by atoms with Gasteiger partial charge in [0.2, 0.25) is 5.91 Å². The molecule has 2 N–H and O–H groups in total. The zero-order chi connectivity index (χ0) is 25.4. The van der Waals surface area contributed by atoms with Gasteiger partial charge in [-0.25, -0.2) is 0 Å². The van der Waals surface area contributed by atoms with Crippen molar-refractivity contribution < 1.29 is 4.79 Å². The number of unbranched alkanes of at least 4 members (excludes halogenated alkanes) is 12. The van der Waals surface area contributed by atoms with E-state index in [9.17, 15) is 4.79 Å². The number of rotatable bonds is 14. The first-order valence-corrected chi connectivity index (χ1v) is 15.5. The van der Waals surface area contributed by atoms with Crippen molar-refractivity contribution >= 4 is 5.91 Å². The molecule has 0 unspecified atom stereocenters. The second-order valence-electron chi connectivity index (χ2n) is 11.3. The van der Waals surface area contributed by atoms with Crippen LogP contribution in [-0.4, -0.2) is 75.1 Å². The number of carbonyl (C=O) groups excluding carboxylic acids is 1. The van der Waals surface area contributed by atoms with E-state index in [2.05, 4.69) is 41.5 Å². The molecule has 0 aliphatic carbocycles. The lowest BCUT2D eigenvalue weighted by Gasteiger charge is -2.20. The summed E-state index contributed by atoms with van der Waals surface area (Å²) < 4.78 is 0. The van der Waals surface area contributed by atoms with Gasteiger partial charge in [0.05, 0.1) is 0 Å². The van der Waals surface area contributed by atoms with Crippen LogP contribution in [0.5, 0.6) is 0 Å². The molecule has 1 heterocycles. The molecule has 0 aromatic rings. The summed E-state index contributed by atoms with van der Waals surface area (Å²) in [5, 5.41) is 6.89. The predicted molar refractivity (Wildman–Crippen MR) is 153 cm³/mol. The van der Waals surface area contributed by atoms with Crippen LogP contribution in [0, 0.1) is 0 Å². The lowest BCUT2D eigenvalue weighted by Crippen LogP contribution is -2.37. The molecule has 0 aromatic carbocycles. The first-order valence-electron chi connectivity index (χ1n) is 15.5. The Morgan fingerprint density at radius 1 is 0.657 bits per heavy atom. The Morgan fingerprint density at radius 2 is 1.11 bits per heavy atom. The van der Waals surface area contributed by atoms with Gasteiger partial charge in [-0.05, 0) is 78.9 Å². The van der Waals surface area contributed by atoms with E-state index in [1.165, 1.54) is 103 Å². The minimum Gasteiger partial charge on any atom is -0.356 e. The van der Waals surface area contributed by atoms with Gasteiger partial charge in [-0.1, -0.05) is 90.4 Å². The average Bonchev–Trinajstić information content (AvgIpc) is 2.84. The fourth-order valence-electron chi connectivity index (χ4n) is 5.20. The number of hydrogen-bond donors (Lipinski definition) is 2. The first kappa shape index (κ1) is 32.4. The monoisotopic (exact) mass is 494 g/mol. The Morgan fingerprint density at radius 3 is 1.66 bits per heavy atom. The van der Waals surface area contributed by atoms with Crippen LogP contribution in [0.4, 0.5) is 0 Å². The van der Waals surface area contributed by atoms with Gasteiger partial charge >= 0.3 is 0 Å². The Kier molecular flexibility index (Phi) is 22.0. The molecule has 5 heteroatoms.